The zero-order valence-corrected chi connectivity index (χ0v) is 16.3. The number of hydrogen-bond donors (Lipinski definition) is 1. The van der Waals surface area contributed by atoms with Gasteiger partial charge >= 0.3 is 5.97 Å². The normalized spacial score (nSPS) is 11.0. The van der Waals surface area contributed by atoms with Crippen molar-refractivity contribution in [2.45, 2.75) is 45.4 Å². The molecule has 4 heteroatoms. The summed E-state index contributed by atoms with van der Waals surface area (Å²) >= 11 is 1.52. The van der Waals surface area contributed by atoms with Crippen LogP contribution in [0.2, 0.25) is 0 Å². The fourth-order valence-electron chi connectivity index (χ4n) is 3.32. The summed E-state index contributed by atoms with van der Waals surface area (Å²) < 4.78 is 0.915. The van der Waals surface area contributed by atoms with Gasteiger partial charge in [-0.15, -0.1) is 11.3 Å². The topological polar surface area (TPSA) is 54.4 Å². The Labute approximate surface area is 163 Å². The van der Waals surface area contributed by atoms with Crippen molar-refractivity contribution in [3.8, 4) is 0 Å². The van der Waals surface area contributed by atoms with E-state index in [0.717, 1.165) is 16.5 Å². The van der Waals surface area contributed by atoms with E-state index in [4.69, 9.17) is 5.11 Å². The quantitative estimate of drug-likeness (QED) is 0.372. The first-order chi connectivity index (χ1) is 13.1. The Morgan fingerprint density at radius 1 is 0.963 bits per heavy atom. The summed E-state index contributed by atoms with van der Waals surface area (Å²) in [5.41, 5.74) is 3.15. The number of aliphatic carboxylic acids is 1. The minimum Gasteiger partial charge on any atom is -0.481 e. The first-order valence-corrected chi connectivity index (χ1v) is 10.3. The summed E-state index contributed by atoms with van der Waals surface area (Å²) in [6.45, 7) is 2.20. The molecule has 0 saturated heterocycles. The fourth-order valence-corrected chi connectivity index (χ4v) is 4.22. The summed E-state index contributed by atoms with van der Waals surface area (Å²) in [5, 5.41) is 12.0. The molecule has 140 valence electrons. The van der Waals surface area contributed by atoms with Gasteiger partial charge in [-0.2, -0.15) is 0 Å². The number of rotatable bonds is 9. The van der Waals surface area contributed by atoms with E-state index in [-0.39, 0.29) is 12.2 Å². The smallest absolute Gasteiger partial charge is 0.307 e. The number of unbranched alkanes of at least 4 members (excludes halogenated alkanes) is 3. The molecule has 0 aliphatic heterocycles. The third kappa shape index (κ3) is 4.83. The molecule has 3 aromatic rings. The first kappa shape index (κ1) is 19.3. The van der Waals surface area contributed by atoms with Gasteiger partial charge in [0.2, 0.25) is 0 Å². The molecule has 0 spiro atoms. The van der Waals surface area contributed by atoms with Crippen LogP contribution in [-0.4, -0.2) is 16.9 Å². The van der Waals surface area contributed by atoms with Crippen LogP contribution in [0, 0.1) is 0 Å². The lowest BCUT2D eigenvalue weighted by atomic mass is 9.97. The van der Waals surface area contributed by atoms with Crippen molar-refractivity contribution >= 4 is 33.2 Å². The van der Waals surface area contributed by atoms with E-state index in [9.17, 15) is 9.59 Å². The molecule has 3 nitrogen and oxygen atoms in total. The number of carbonyl (C=O) groups is 2. The van der Waals surface area contributed by atoms with Crippen molar-refractivity contribution < 1.29 is 14.7 Å². The van der Waals surface area contributed by atoms with Gasteiger partial charge in [-0.3, -0.25) is 9.59 Å². The van der Waals surface area contributed by atoms with Gasteiger partial charge in [-0.25, -0.2) is 0 Å². The molecule has 0 aliphatic rings. The van der Waals surface area contributed by atoms with Crippen LogP contribution in [0.3, 0.4) is 0 Å². The summed E-state index contributed by atoms with van der Waals surface area (Å²) in [5.74, 6) is -0.942. The van der Waals surface area contributed by atoms with Gasteiger partial charge in [-0.1, -0.05) is 50.5 Å². The van der Waals surface area contributed by atoms with Gasteiger partial charge in [0.1, 0.15) is 0 Å². The van der Waals surface area contributed by atoms with Crippen LogP contribution in [0.4, 0.5) is 0 Å². The van der Waals surface area contributed by atoms with E-state index in [2.05, 4.69) is 6.92 Å². The molecule has 3 rings (SSSR count). The Morgan fingerprint density at radius 2 is 1.74 bits per heavy atom. The zero-order chi connectivity index (χ0) is 19.2. The average molecular weight is 381 g/mol. The van der Waals surface area contributed by atoms with E-state index < -0.39 is 5.97 Å². The summed E-state index contributed by atoms with van der Waals surface area (Å²) in [7, 11) is 0. The molecule has 1 aromatic heterocycles. The van der Waals surface area contributed by atoms with E-state index in [0.29, 0.717) is 16.7 Å². The van der Waals surface area contributed by atoms with Crippen LogP contribution in [0.25, 0.3) is 10.1 Å². The van der Waals surface area contributed by atoms with Gasteiger partial charge in [-0.05, 0) is 52.9 Å². The Hall–Kier alpha value is -2.46. The second kappa shape index (κ2) is 8.96. The second-order valence-electron chi connectivity index (χ2n) is 6.89. The molecule has 0 unspecified atom stereocenters. The zero-order valence-electron chi connectivity index (χ0n) is 15.5. The minimum absolute atomic E-state index is 0.0489. The summed E-state index contributed by atoms with van der Waals surface area (Å²) in [4.78, 5) is 24.1. The monoisotopic (exact) mass is 380 g/mol. The number of benzene rings is 2. The molecule has 0 fully saturated rings. The van der Waals surface area contributed by atoms with E-state index in [1.54, 1.807) is 6.07 Å². The van der Waals surface area contributed by atoms with Crippen molar-refractivity contribution in [1.82, 2.24) is 0 Å². The first-order valence-electron chi connectivity index (χ1n) is 9.44. The lowest BCUT2D eigenvalue weighted by Gasteiger charge is -2.07. The van der Waals surface area contributed by atoms with E-state index in [1.165, 1.54) is 42.6 Å². The lowest BCUT2D eigenvalue weighted by Crippen LogP contribution is -2.05. The standard InChI is InChI=1S/C23H24O3S/c1-2-3-4-5-6-16-7-9-18(10-8-16)22(26)20-14-17(15-21(24)25)13-19-11-12-27-23(19)20/h7-14H,2-6,15H2,1H3,(H,24,25). The molecule has 0 atom stereocenters. The predicted molar refractivity (Wildman–Crippen MR) is 111 cm³/mol. The maximum Gasteiger partial charge on any atom is 0.307 e. The molecule has 27 heavy (non-hydrogen) atoms. The molecule has 1 N–H and O–H groups in total. The number of thiophene rings is 1. The number of fused-ring (bicyclic) bond motifs is 1. The number of carboxylic acids is 1. The van der Waals surface area contributed by atoms with Crippen LogP contribution in [0.5, 0.6) is 0 Å². The Kier molecular flexibility index (Phi) is 6.40. The SMILES string of the molecule is CCCCCCc1ccc(C(=O)c2cc(CC(=O)O)cc3ccsc23)cc1. The molecule has 0 bridgehead atoms. The molecule has 1 heterocycles. The largest absolute Gasteiger partial charge is 0.481 e. The van der Waals surface area contributed by atoms with E-state index in [1.807, 2.05) is 41.8 Å². The van der Waals surface area contributed by atoms with Crippen LogP contribution in [0.15, 0.2) is 47.8 Å². The van der Waals surface area contributed by atoms with Gasteiger partial charge in [0, 0.05) is 15.8 Å². The van der Waals surface area contributed by atoms with E-state index >= 15 is 0 Å². The van der Waals surface area contributed by atoms with Gasteiger partial charge in [0.15, 0.2) is 5.78 Å². The van der Waals surface area contributed by atoms with Crippen molar-refractivity contribution in [3.63, 3.8) is 0 Å². The highest BCUT2D eigenvalue weighted by atomic mass is 32.1. The molecule has 0 aliphatic carbocycles. The molecule has 2 aromatic carbocycles. The van der Waals surface area contributed by atoms with Gasteiger partial charge in [0.25, 0.3) is 0 Å². The van der Waals surface area contributed by atoms with Crippen molar-refractivity contribution in [1.29, 1.82) is 0 Å². The number of carboxylic acid groups (broad SMARTS) is 1. The predicted octanol–water partition coefficient (Wildman–Crippen LogP) is 5.88. The molecule has 0 saturated carbocycles. The van der Waals surface area contributed by atoms with Crippen LogP contribution in [0.1, 0.15) is 59.7 Å². The minimum atomic E-state index is -0.893. The fraction of sp³-hybridized carbons (Fsp3) is 0.304. The van der Waals surface area contributed by atoms with Crippen LogP contribution in [-0.2, 0) is 17.6 Å². The highest BCUT2D eigenvalue weighted by Gasteiger charge is 2.16. The third-order valence-corrected chi connectivity index (χ3v) is 5.71. The summed E-state index contributed by atoms with van der Waals surface area (Å²) in [6, 6.07) is 13.4. The van der Waals surface area contributed by atoms with Crippen molar-refractivity contribution in [2.75, 3.05) is 0 Å². The van der Waals surface area contributed by atoms with Crippen LogP contribution < -0.4 is 0 Å². The molecular weight excluding hydrogens is 356 g/mol. The molecular formula is C23H24O3S. The number of hydrogen-bond acceptors (Lipinski definition) is 3. The maximum absolute atomic E-state index is 13.1. The Balaban J connectivity index is 1.82. The second-order valence-corrected chi connectivity index (χ2v) is 7.81. The maximum atomic E-state index is 13.1. The molecule has 0 amide bonds. The average Bonchev–Trinajstić information content (AvgIpc) is 3.12. The Morgan fingerprint density at radius 3 is 2.44 bits per heavy atom. The molecule has 0 radical (unpaired) electrons. The number of ketones is 1. The Bertz CT molecular complexity index is 938. The highest BCUT2D eigenvalue weighted by molar-refractivity contribution is 7.17. The van der Waals surface area contributed by atoms with Crippen molar-refractivity contribution in [3.05, 3.63) is 70.1 Å². The van der Waals surface area contributed by atoms with Crippen molar-refractivity contribution in [2.24, 2.45) is 0 Å². The van der Waals surface area contributed by atoms with Gasteiger partial charge < -0.3 is 5.11 Å². The highest BCUT2D eigenvalue weighted by Crippen LogP contribution is 2.29. The summed E-state index contributed by atoms with van der Waals surface area (Å²) in [6.07, 6.45) is 5.87. The number of aryl methyl sites for hydroxylation is 1. The third-order valence-electron chi connectivity index (χ3n) is 4.75. The van der Waals surface area contributed by atoms with Gasteiger partial charge in [0.05, 0.1) is 6.42 Å². The lowest BCUT2D eigenvalue weighted by molar-refractivity contribution is -0.136. The van der Waals surface area contributed by atoms with Crippen LogP contribution >= 0.6 is 11.3 Å². The number of carbonyl (C=O) groups excluding carboxylic acids is 1.